The van der Waals surface area contributed by atoms with Crippen molar-refractivity contribution in [2.45, 2.75) is 31.8 Å². The highest BCUT2D eigenvalue weighted by Gasteiger charge is 2.29. The maximum Gasteiger partial charge on any atom is 0.420 e. The van der Waals surface area contributed by atoms with Crippen molar-refractivity contribution >= 4 is 11.1 Å². The fraction of sp³-hybridized carbons (Fsp3) is 0.500. The monoisotopic (exact) mass is 244 g/mol. The van der Waals surface area contributed by atoms with Gasteiger partial charge in [-0.25, -0.2) is 4.79 Å². The Balaban J connectivity index is 1.82. The smallest absolute Gasteiger partial charge is 0.408 e. The molecule has 4 heteroatoms. The van der Waals surface area contributed by atoms with E-state index in [4.69, 9.17) is 4.42 Å². The van der Waals surface area contributed by atoms with Crippen LogP contribution in [0.2, 0.25) is 0 Å². The van der Waals surface area contributed by atoms with Gasteiger partial charge in [-0.2, -0.15) is 0 Å². The van der Waals surface area contributed by atoms with E-state index < -0.39 is 0 Å². The lowest BCUT2D eigenvalue weighted by Crippen LogP contribution is -2.41. The van der Waals surface area contributed by atoms with Crippen LogP contribution < -0.4 is 5.76 Å². The first-order valence-corrected chi connectivity index (χ1v) is 6.68. The zero-order valence-electron chi connectivity index (χ0n) is 10.3. The van der Waals surface area contributed by atoms with E-state index in [9.17, 15) is 4.79 Å². The van der Waals surface area contributed by atoms with Crippen LogP contribution in [-0.2, 0) is 13.0 Å². The van der Waals surface area contributed by atoms with Crippen molar-refractivity contribution in [3.05, 3.63) is 34.3 Å². The molecule has 1 aromatic heterocycles. The van der Waals surface area contributed by atoms with Crippen molar-refractivity contribution in [2.75, 3.05) is 13.1 Å². The first-order chi connectivity index (χ1) is 8.83. The molecule has 94 valence electrons. The number of rotatable bonds is 1. The molecule has 0 N–H and O–H groups in total. The number of likely N-dealkylation sites (tertiary alicyclic amines) is 1. The van der Waals surface area contributed by atoms with Gasteiger partial charge in [-0.15, -0.1) is 0 Å². The lowest BCUT2D eigenvalue weighted by molar-refractivity contribution is 0.210. The molecular formula is C14H16N2O2. The molecule has 2 aliphatic heterocycles. The Hall–Kier alpha value is -1.55. The Labute approximate surface area is 105 Å². The zero-order valence-corrected chi connectivity index (χ0v) is 10.3. The predicted octanol–water partition coefficient (Wildman–Crippen LogP) is 1.61. The van der Waals surface area contributed by atoms with Gasteiger partial charge in [-0.3, -0.25) is 9.47 Å². The van der Waals surface area contributed by atoms with E-state index in [1.807, 2.05) is 16.7 Å². The second kappa shape index (κ2) is 3.72. The minimum Gasteiger partial charge on any atom is -0.408 e. The third-order valence-electron chi connectivity index (χ3n) is 4.28. The summed E-state index contributed by atoms with van der Waals surface area (Å²) in [5.74, 6) is -0.207. The fourth-order valence-electron chi connectivity index (χ4n) is 3.41. The lowest BCUT2D eigenvalue weighted by atomic mass is 10.00. The van der Waals surface area contributed by atoms with Crippen LogP contribution in [0.4, 0.5) is 0 Å². The molecule has 1 unspecified atom stereocenters. The van der Waals surface area contributed by atoms with E-state index in [1.165, 1.54) is 31.5 Å². The summed E-state index contributed by atoms with van der Waals surface area (Å²) in [5.41, 5.74) is 3.00. The summed E-state index contributed by atoms with van der Waals surface area (Å²) in [6.07, 6.45) is 3.61. The molecule has 0 spiro atoms. The fourth-order valence-corrected chi connectivity index (χ4v) is 3.41. The van der Waals surface area contributed by atoms with Gasteiger partial charge in [0.05, 0.1) is 5.52 Å². The highest BCUT2D eigenvalue weighted by Crippen LogP contribution is 2.27. The minimum atomic E-state index is -0.207. The molecule has 0 saturated carbocycles. The van der Waals surface area contributed by atoms with Crippen molar-refractivity contribution in [1.82, 2.24) is 9.47 Å². The first kappa shape index (κ1) is 10.4. The predicted molar refractivity (Wildman–Crippen MR) is 68.8 cm³/mol. The molecule has 1 aromatic carbocycles. The number of oxazole rings is 1. The van der Waals surface area contributed by atoms with Gasteiger partial charge < -0.3 is 4.42 Å². The molecule has 2 aromatic rings. The van der Waals surface area contributed by atoms with E-state index in [1.54, 1.807) is 0 Å². The largest absolute Gasteiger partial charge is 0.420 e. The van der Waals surface area contributed by atoms with Crippen LogP contribution in [0.3, 0.4) is 0 Å². The first-order valence-electron chi connectivity index (χ1n) is 6.68. The van der Waals surface area contributed by atoms with Crippen LogP contribution in [-0.4, -0.2) is 28.6 Å². The van der Waals surface area contributed by atoms with Gasteiger partial charge in [-0.1, -0.05) is 12.1 Å². The van der Waals surface area contributed by atoms with Crippen LogP contribution >= 0.6 is 0 Å². The van der Waals surface area contributed by atoms with Crippen LogP contribution in [0.25, 0.3) is 11.1 Å². The van der Waals surface area contributed by atoms with Gasteiger partial charge in [0.15, 0.2) is 5.58 Å². The standard InChI is InChI=1S/C14H16N2O2/c17-14-16-9-11(15-6-1-2-7-15)8-10-4-3-5-12(18-14)13(10)16/h3-5,11H,1-2,6-9H2. The van der Waals surface area contributed by atoms with Crippen molar-refractivity contribution in [1.29, 1.82) is 0 Å². The molecule has 0 bridgehead atoms. The Morgan fingerprint density at radius 2 is 2.06 bits per heavy atom. The van der Waals surface area contributed by atoms with Gasteiger partial charge in [0.1, 0.15) is 0 Å². The molecule has 1 atom stereocenters. The molecule has 4 nitrogen and oxygen atoms in total. The number of benzene rings is 1. The molecule has 0 aliphatic carbocycles. The van der Waals surface area contributed by atoms with Gasteiger partial charge in [0.25, 0.3) is 0 Å². The van der Waals surface area contributed by atoms with Crippen molar-refractivity contribution < 1.29 is 4.42 Å². The zero-order chi connectivity index (χ0) is 12.1. The average molecular weight is 244 g/mol. The molecule has 1 saturated heterocycles. The Bertz CT molecular complexity index is 649. The van der Waals surface area contributed by atoms with Crippen LogP contribution in [0, 0.1) is 0 Å². The molecule has 2 aliphatic rings. The minimum absolute atomic E-state index is 0.207. The highest BCUT2D eigenvalue weighted by molar-refractivity contribution is 5.77. The van der Waals surface area contributed by atoms with E-state index in [-0.39, 0.29) is 5.76 Å². The normalized spacial score (nSPS) is 23.9. The second-order valence-corrected chi connectivity index (χ2v) is 5.34. The maximum atomic E-state index is 11.9. The van der Waals surface area contributed by atoms with Crippen molar-refractivity contribution in [3.8, 4) is 0 Å². The topological polar surface area (TPSA) is 38.4 Å². The molecule has 1 fully saturated rings. The summed E-state index contributed by atoms with van der Waals surface area (Å²) in [6.45, 7) is 3.12. The third-order valence-corrected chi connectivity index (χ3v) is 4.28. The number of nitrogens with zero attached hydrogens (tertiary/aromatic N) is 2. The summed E-state index contributed by atoms with van der Waals surface area (Å²) in [4.78, 5) is 14.4. The summed E-state index contributed by atoms with van der Waals surface area (Å²) < 4.78 is 7.13. The van der Waals surface area contributed by atoms with Gasteiger partial charge in [0.2, 0.25) is 0 Å². The van der Waals surface area contributed by atoms with Gasteiger partial charge >= 0.3 is 5.76 Å². The van der Waals surface area contributed by atoms with Gasteiger partial charge in [0, 0.05) is 12.6 Å². The maximum absolute atomic E-state index is 11.9. The molecular weight excluding hydrogens is 228 g/mol. The molecule has 18 heavy (non-hydrogen) atoms. The molecule has 4 rings (SSSR count). The second-order valence-electron chi connectivity index (χ2n) is 5.34. The Morgan fingerprint density at radius 3 is 2.89 bits per heavy atom. The summed E-state index contributed by atoms with van der Waals surface area (Å²) >= 11 is 0. The van der Waals surface area contributed by atoms with E-state index in [0.29, 0.717) is 6.04 Å². The summed E-state index contributed by atoms with van der Waals surface area (Å²) in [7, 11) is 0. The third kappa shape index (κ3) is 1.38. The van der Waals surface area contributed by atoms with Crippen molar-refractivity contribution in [3.63, 3.8) is 0 Å². The lowest BCUT2D eigenvalue weighted by Gasteiger charge is -2.30. The Kier molecular flexibility index (Phi) is 2.14. The number of hydrogen-bond donors (Lipinski definition) is 0. The Morgan fingerprint density at radius 1 is 1.22 bits per heavy atom. The molecule has 0 radical (unpaired) electrons. The highest BCUT2D eigenvalue weighted by atomic mass is 16.4. The summed E-state index contributed by atoms with van der Waals surface area (Å²) in [6, 6.07) is 6.45. The SMILES string of the molecule is O=c1oc2cccc3c2n1CC(N1CCCC1)C3. The quantitative estimate of drug-likeness (QED) is 0.765. The van der Waals surface area contributed by atoms with E-state index in [0.717, 1.165) is 24.1 Å². The van der Waals surface area contributed by atoms with Crippen LogP contribution in [0.1, 0.15) is 18.4 Å². The number of aromatic nitrogens is 1. The number of hydrogen-bond acceptors (Lipinski definition) is 3. The molecule has 3 heterocycles. The summed E-state index contributed by atoms with van der Waals surface area (Å²) in [5, 5.41) is 0. The van der Waals surface area contributed by atoms with Gasteiger partial charge in [-0.05, 0) is 44.0 Å². The average Bonchev–Trinajstić information content (AvgIpc) is 3.00. The van der Waals surface area contributed by atoms with Crippen LogP contribution in [0.15, 0.2) is 27.4 Å². The molecule has 0 amide bonds. The van der Waals surface area contributed by atoms with E-state index >= 15 is 0 Å². The van der Waals surface area contributed by atoms with E-state index in [2.05, 4.69) is 11.0 Å². The van der Waals surface area contributed by atoms with Crippen molar-refractivity contribution in [2.24, 2.45) is 0 Å². The number of para-hydroxylation sites is 1. The van der Waals surface area contributed by atoms with Crippen LogP contribution in [0.5, 0.6) is 0 Å².